The van der Waals surface area contributed by atoms with Gasteiger partial charge in [-0.2, -0.15) is 0 Å². The molecule has 2 N–H and O–H groups in total. The Morgan fingerprint density at radius 3 is 3.00 bits per heavy atom. The number of methoxy groups -OCH3 is 1. The van der Waals surface area contributed by atoms with Crippen molar-refractivity contribution in [2.75, 3.05) is 38.8 Å². The summed E-state index contributed by atoms with van der Waals surface area (Å²) in [7, 11) is 1.57. The predicted molar refractivity (Wildman–Crippen MR) is 75.3 cm³/mol. The summed E-state index contributed by atoms with van der Waals surface area (Å²) in [4.78, 5) is 11.9. The van der Waals surface area contributed by atoms with Crippen molar-refractivity contribution < 1.29 is 19.0 Å². The lowest BCUT2D eigenvalue weighted by molar-refractivity contribution is -0.0852. The van der Waals surface area contributed by atoms with Gasteiger partial charge in [0.25, 0.3) is 0 Å². The first-order chi connectivity index (χ1) is 9.70. The van der Waals surface area contributed by atoms with E-state index in [1.54, 1.807) is 13.2 Å². The van der Waals surface area contributed by atoms with E-state index in [0.29, 0.717) is 37.8 Å². The number of ether oxygens (including phenoxy) is 3. The molecule has 0 aromatic heterocycles. The fraction of sp³-hybridized carbons (Fsp3) is 0.500. The zero-order valence-corrected chi connectivity index (χ0v) is 11.8. The molecule has 0 spiro atoms. The minimum atomic E-state index is -0.285. The van der Waals surface area contributed by atoms with E-state index in [-0.39, 0.29) is 12.1 Å². The molecule has 0 bridgehead atoms. The van der Waals surface area contributed by atoms with Gasteiger partial charge in [0.2, 0.25) is 0 Å². The summed E-state index contributed by atoms with van der Waals surface area (Å²) in [5.74, 6) is 0.636. The Morgan fingerprint density at radius 2 is 2.30 bits per heavy atom. The highest BCUT2D eigenvalue weighted by Crippen LogP contribution is 2.27. The second-order valence-corrected chi connectivity index (χ2v) is 4.55. The Balaban J connectivity index is 1.88. The Labute approximate surface area is 118 Å². The molecule has 0 saturated carbocycles. The number of hydrogen-bond donors (Lipinski definition) is 2. The van der Waals surface area contributed by atoms with Gasteiger partial charge in [0.15, 0.2) is 0 Å². The molecule has 1 aromatic carbocycles. The van der Waals surface area contributed by atoms with E-state index in [1.807, 2.05) is 19.1 Å². The van der Waals surface area contributed by atoms with Crippen molar-refractivity contribution in [3.63, 3.8) is 0 Å². The van der Waals surface area contributed by atoms with Crippen LogP contribution in [0.15, 0.2) is 18.2 Å². The molecule has 1 unspecified atom stereocenters. The Kier molecular flexibility index (Phi) is 5.20. The van der Waals surface area contributed by atoms with Crippen LogP contribution < -0.4 is 15.4 Å². The van der Waals surface area contributed by atoms with Crippen LogP contribution in [0.3, 0.4) is 0 Å². The molecule has 1 atom stereocenters. The summed E-state index contributed by atoms with van der Waals surface area (Å²) >= 11 is 0. The number of nitrogens with one attached hydrogen (secondary N) is 2. The van der Waals surface area contributed by atoms with Crippen molar-refractivity contribution in [1.82, 2.24) is 5.32 Å². The van der Waals surface area contributed by atoms with Crippen molar-refractivity contribution >= 4 is 11.7 Å². The van der Waals surface area contributed by atoms with E-state index < -0.39 is 0 Å². The van der Waals surface area contributed by atoms with Crippen LogP contribution in [0.5, 0.6) is 5.75 Å². The van der Waals surface area contributed by atoms with Crippen LogP contribution in [-0.2, 0) is 9.47 Å². The number of para-hydroxylation sites is 1. The van der Waals surface area contributed by atoms with Crippen molar-refractivity contribution in [3.8, 4) is 5.75 Å². The molecule has 1 aromatic rings. The minimum absolute atomic E-state index is 0.0896. The molecule has 1 heterocycles. The Bertz CT molecular complexity index is 458. The van der Waals surface area contributed by atoms with E-state index in [0.717, 1.165) is 5.56 Å². The normalized spacial score (nSPS) is 18.4. The van der Waals surface area contributed by atoms with Crippen LogP contribution in [0.4, 0.5) is 10.5 Å². The van der Waals surface area contributed by atoms with E-state index >= 15 is 0 Å². The number of rotatable bonds is 4. The fourth-order valence-electron chi connectivity index (χ4n) is 1.99. The molecule has 6 nitrogen and oxygen atoms in total. The van der Waals surface area contributed by atoms with Gasteiger partial charge in [0.05, 0.1) is 38.7 Å². The van der Waals surface area contributed by atoms with E-state index in [9.17, 15) is 4.79 Å². The van der Waals surface area contributed by atoms with Gasteiger partial charge in [0.1, 0.15) is 5.75 Å². The van der Waals surface area contributed by atoms with Gasteiger partial charge in [-0.25, -0.2) is 4.79 Å². The lowest BCUT2D eigenvalue weighted by Gasteiger charge is -2.23. The van der Waals surface area contributed by atoms with Crippen LogP contribution >= 0.6 is 0 Å². The first-order valence-corrected chi connectivity index (χ1v) is 6.58. The lowest BCUT2D eigenvalue weighted by Crippen LogP contribution is -2.41. The van der Waals surface area contributed by atoms with Crippen LogP contribution in [0.2, 0.25) is 0 Å². The van der Waals surface area contributed by atoms with Crippen LogP contribution in [0.1, 0.15) is 5.56 Å². The number of hydrogen-bond acceptors (Lipinski definition) is 4. The smallest absolute Gasteiger partial charge is 0.319 e. The molecule has 0 aliphatic carbocycles. The van der Waals surface area contributed by atoms with Crippen LogP contribution in [0, 0.1) is 6.92 Å². The molecule has 1 fully saturated rings. The highest BCUT2D eigenvalue weighted by molar-refractivity contribution is 5.91. The third-order valence-corrected chi connectivity index (χ3v) is 3.07. The number of carbonyl (C=O) groups excluding carboxylic acids is 1. The highest BCUT2D eigenvalue weighted by atomic mass is 16.6. The third kappa shape index (κ3) is 3.85. The van der Waals surface area contributed by atoms with Crippen molar-refractivity contribution in [3.05, 3.63) is 23.8 Å². The number of anilines is 1. The Morgan fingerprint density at radius 1 is 1.45 bits per heavy atom. The zero-order valence-electron chi connectivity index (χ0n) is 11.8. The maximum Gasteiger partial charge on any atom is 0.319 e. The highest BCUT2D eigenvalue weighted by Gasteiger charge is 2.16. The topological polar surface area (TPSA) is 68.8 Å². The summed E-state index contributed by atoms with van der Waals surface area (Å²) in [5.41, 5.74) is 1.62. The number of benzene rings is 1. The number of urea groups is 1. The Hall–Kier alpha value is -1.79. The number of amides is 2. The summed E-state index contributed by atoms with van der Waals surface area (Å²) in [6.45, 7) is 4.02. The van der Waals surface area contributed by atoms with Gasteiger partial charge < -0.3 is 24.8 Å². The minimum Gasteiger partial charge on any atom is -0.495 e. The van der Waals surface area contributed by atoms with Gasteiger partial charge in [-0.3, -0.25) is 0 Å². The van der Waals surface area contributed by atoms with Crippen molar-refractivity contribution in [2.24, 2.45) is 0 Å². The van der Waals surface area contributed by atoms with Gasteiger partial charge in [-0.1, -0.05) is 12.1 Å². The molecular weight excluding hydrogens is 260 g/mol. The van der Waals surface area contributed by atoms with Gasteiger partial charge in [-0.05, 0) is 18.6 Å². The predicted octanol–water partition coefficient (Wildman–Crippen LogP) is 1.54. The molecule has 2 rings (SSSR count). The first-order valence-electron chi connectivity index (χ1n) is 6.58. The van der Waals surface area contributed by atoms with Crippen molar-refractivity contribution in [1.29, 1.82) is 0 Å². The summed E-state index contributed by atoms with van der Waals surface area (Å²) < 4.78 is 16.0. The van der Waals surface area contributed by atoms with Gasteiger partial charge >= 0.3 is 6.03 Å². The maximum atomic E-state index is 11.9. The van der Waals surface area contributed by atoms with E-state index in [1.165, 1.54) is 0 Å². The van der Waals surface area contributed by atoms with Crippen LogP contribution in [-0.4, -0.2) is 45.6 Å². The second kappa shape index (κ2) is 7.12. The second-order valence-electron chi connectivity index (χ2n) is 4.55. The molecule has 0 radical (unpaired) electrons. The average Bonchev–Trinajstić information content (AvgIpc) is 2.48. The molecule has 6 heteroatoms. The zero-order chi connectivity index (χ0) is 14.4. The number of carbonyl (C=O) groups is 1. The molecule has 1 aliphatic rings. The van der Waals surface area contributed by atoms with E-state index in [4.69, 9.17) is 14.2 Å². The van der Waals surface area contributed by atoms with Crippen molar-refractivity contribution in [2.45, 2.75) is 13.0 Å². The van der Waals surface area contributed by atoms with E-state index in [2.05, 4.69) is 10.6 Å². The van der Waals surface area contributed by atoms with Gasteiger partial charge in [0, 0.05) is 6.54 Å². The largest absolute Gasteiger partial charge is 0.495 e. The molecule has 1 aliphatic heterocycles. The first kappa shape index (κ1) is 14.6. The molecule has 2 amide bonds. The summed E-state index contributed by atoms with van der Waals surface area (Å²) in [6.07, 6.45) is -0.0896. The van der Waals surface area contributed by atoms with Crippen LogP contribution in [0.25, 0.3) is 0 Å². The SMILES string of the molecule is COc1cccc(C)c1NC(=O)NCC1COCCO1. The third-order valence-electron chi connectivity index (χ3n) is 3.07. The standard InChI is InChI=1S/C14H20N2O4/c1-10-4-3-5-12(18-2)13(10)16-14(17)15-8-11-9-19-6-7-20-11/h3-5,11H,6-9H2,1-2H3,(H2,15,16,17). The number of aryl methyl sites for hydroxylation is 1. The quantitative estimate of drug-likeness (QED) is 0.878. The van der Waals surface area contributed by atoms with Gasteiger partial charge in [-0.15, -0.1) is 0 Å². The maximum absolute atomic E-state index is 11.9. The molecule has 20 heavy (non-hydrogen) atoms. The lowest BCUT2D eigenvalue weighted by atomic mass is 10.2. The summed E-state index contributed by atoms with van der Waals surface area (Å²) in [6, 6.07) is 5.31. The molecular formula is C14H20N2O4. The fourth-order valence-corrected chi connectivity index (χ4v) is 1.99. The molecule has 110 valence electrons. The summed E-state index contributed by atoms with van der Waals surface area (Å²) in [5, 5.41) is 5.57. The average molecular weight is 280 g/mol. The monoisotopic (exact) mass is 280 g/mol. The molecule has 1 saturated heterocycles.